The van der Waals surface area contributed by atoms with E-state index < -0.39 is 0 Å². The van der Waals surface area contributed by atoms with Gasteiger partial charge in [-0.2, -0.15) is 5.21 Å². The highest BCUT2D eigenvalue weighted by atomic mass is 16.1. The second kappa shape index (κ2) is 9.07. The molecule has 0 aliphatic carbocycles. The summed E-state index contributed by atoms with van der Waals surface area (Å²) in [7, 11) is 0. The van der Waals surface area contributed by atoms with Gasteiger partial charge in [-0.3, -0.25) is 14.1 Å². The van der Waals surface area contributed by atoms with E-state index in [2.05, 4.69) is 56.8 Å². The second-order valence-corrected chi connectivity index (χ2v) is 7.95. The number of hydrogen-bond acceptors (Lipinski definition) is 5. The van der Waals surface area contributed by atoms with E-state index in [1.54, 1.807) is 12.4 Å². The molecule has 3 aromatic heterocycles. The van der Waals surface area contributed by atoms with Gasteiger partial charge in [0.25, 0.3) is 0 Å². The van der Waals surface area contributed by atoms with E-state index >= 15 is 0 Å². The highest BCUT2D eigenvalue weighted by Crippen LogP contribution is 2.29. The zero-order valence-electron chi connectivity index (χ0n) is 18.1. The van der Waals surface area contributed by atoms with Crippen LogP contribution in [-0.2, 0) is 13.0 Å². The van der Waals surface area contributed by atoms with Crippen LogP contribution >= 0.6 is 0 Å². The molecule has 8 heteroatoms. The minimum Gasteiger partial charge on any atom is -0.296 e. The lowest BCUT2D eigenvalue weighted by molar-refractivity contribution is 0.560. The Balaban J connectivity index is 1.63. The third kappa shape index (κ3) is 4.33. The minimum atomic E-state index is 0.0544. The number of hydrogen-bond donors (Lipinski definition) is 1. The molecule has 160 valence electrons. The number of H-pyrrole nitrogens is 1. The van der Waals surface area contributed by atoms with Crippen LogP contribution in [0.4, 0.5) is 0 Å². The van der Waals surface area contributed by atoms with Gasteiger partial charge >= 0.3 is 5.69 Å². The van der Waals surface area contributed by atoms with Crippen LogP contribution in [0.5, 0.6) is 0 Å². The van der Waals surface area contributed by atoms with Crippen molar-refractivity contribution in [1.82, 2.24) is 34.7 Å². The lowest BCUT2D eigenvalue weighted by atomic mass is 10.00. The molecule has 0 radical (unpaired) electrons. The highest BCUT2D eigenvalue weighted by Gasteiger charge is 2.14. The molecule has 31 heavy (non-hydrogen) atoms. The Bertz CT molecular complexity index is 1190. The van der Waals surface area contributed by atoms with Crippen LogP contribution in [0.15, 0.2) is 53.7 Å². The fourth-order valence-electron chi connectivity index (χ4n) is 3.72. The van der Waals surface area contributed by atoms with E-state index in [0.717, 1.165) is 47.2 Å². The van der Waals surface area contributed by atoms with Crippen molar-refractivity contribution in [2.45, 2.75) is 52.6 Å². The molecular formula is C23H27N7O. The summed E-state index contributed by atoms with van der Waals surface area (Å²) in [6.45, 7) is 6.81. The number of aryl methyl sites for hydroxylation is 1. The Morgan fingerprint density at radius 1 is 1.10 bits per heavy atom. The van der Waals surface area contributed by atoms with Crippen molar-refractivity contribution in [1.29, 1.82) is 0 Å². The fourth-order valence-corrected chi connectivity index (χ4v) is 3.72. The van der Waals surface area contributed by atoms with Gasteiger partial charge in [-0.05, 0) is 54.7 Å². The Labute approximate surface area is 181 Å². The molecule has 0 atom stereocenters. The van der Waals surface area contributed by atoms with Crippen LogP contribution in [-0.4, -0.2) is 34.7 Å². The van der Waals surface area contributed by atoms with Crippen LogP contribution in [0.2, 0.25) is 0 Å². The van der Waals surface area contributed by atoms with Crippen molar-refractivity contribution >= 4 is 0 Å². The Hall–Kier alpha value is -3.55. The summed E-state index contributed by atoms with van der Waals surface area (Å²) in [6, 6.07) is 10.3. The predicted octanol–water partition coefficient (Wildman–Crippen LogP) is 3.86. The molecule has 1 aromatic carbocycles. The third-order valence-corrected chi connectivity index (χ3v) is 5.44. The van der Waals surface area contributed by atoms with E-state index in [0.29, 0.717) is 12.4 Å². The number of unbranched alkanes of at least 4 members (excludes halogenated alkanes) is 1. The van der Waals surface area contributed by atoms with Crippen LogP contribution in [0, 0.1) is 0 Å². The number of aromatic amines is 1. The molecular weight excluding hydrogens is 390 g/mol. The van der Waals surface area contributed by atoms with E-state index in [-0.39, 0.29) is 11.7 Å². The van der Waals surface area contributed by atoms with E-state index in [1.807, 2.05) is 35.2 Å². The van der Waals surface area contributed by atoms with Gasteiger partial charge in [0.15, 0.2) is 0 Å². The zero-order chi connectivity index (χ0) is 21.8. The number of nitrogens with one attached hydrogen (secondary N) is 1. The lowest BCUT2D eigenvalue weighted by Crippen LogP contribution is -2.26. The normalized spacial score (nSPS) is 11.4. The summed E-state index contributed by atoms with van der Waals surface area (Å²) in [6.07, 6.45) is 8.59. The molecule has 0 fully saturated rings. The van der Waals surface area contributed by atoms with Crippen molar-refractivity contribution in [2.75, 3.05) is 0 Å². The maximum absolute atomic E-state index is 13.0. The average molecular weight is 418 g/mol. The molecule has 0 aliphatic heterocycles. The first-order valence-electron chi connectivity index (χ1n) is 10.7. The number of nitrogens with zero attached hydrogens (tertiary/aromatic N) is 6. The predicted molar refractivity (Wildman–Crippen MR) is 120 cm³/mol. The SMILES string of the molecule is CCCCc1cn(C(C)C)c(=O)n1Cc1ccc(-c2ccncc2-c2nn[nH]n2)cc1. The van der Waals surface area contributed by atoms with Crippen LogP contribution in [0.25, 0.3) is 22.5 Å². The largest absolute Gasteiger partial charge is 0.328 e. The first-order chi connectivity index (χ1) is 15.1. The molecule has 0 aliphatic rings. The number of benzene rings is 1. The van der Waals surface area contributed by atoms with E-state index in [9.17, 15) is 4.79 Å². The third-order valence-electron chi connectivity index (χ3n) is 5.44. The zero-order valence-corrected chi connectivity index (χ0v) is 18.1. The summed E-state index contributed by atoms with van der Waals surface area (Å²) >= 11 is 0. The molecule has 3 heterocycles. The van der Waals surface area contributed by atoms with Crippen molar-refractivity contribution in [3.63, 3.8) is 0 Å². The van der Waals surface area contributed by atoms with E-state index in [1.165, 1.54) is 0 Å². The number of aromatic nitrogens is 7. The summed E-state index contributed by atoms with van der Waals surface area (Å²) < 4.78 is 3.73. The maximum atomic E-state index is 13.0. The highest BCUT2D eigenvalue weighted by molar-refractivity contribution is 5.79. The van der Waals surface area contributed by atoms with Crippen LogP contribution in [0.1, 0.15) is 50.9 Å². The molecule has 0 amide bonds. The molecule has 4 rings (SSSR count). The lowest BCUT2D eigenvalue weighted by Gasteiger charge is -2.10. The summed E-state index contributed by atoms with van der Waals surface area (Å²) in [5.74, 6) is 0.509. The van der Waals surface area contributed by atoms with Gasteiger partial charge in [0.2, 0.25) is 5.82 Å². The summed E-state index contributed by atoms with van der Waals surface area (Å²) in [4.78, 5) is 17.2. The molecule has 8 nitrogen and oxygen atoms in total. The average Bonchev–Trinajstić information content (AvgIpc) is 3.42. The number of tetrazole rings is 1. The monoisotopic (exact) mass is 417 g/mol. The molecule has 0 saturated heterocycles. The molecule has 1 N–H and O–H groups in total. The summed E-state index contributed by atoms with van der Waals surface area (Å²) in [5, 5.41) is 14.3. The van der Waals surface area contributed by atoms with Crippen LogP contribution in [0.3, 0.4) is 0 Å². The number of pyridine rings is 1. The topological polar surface area (TPSA) is 94.3 Å². The fraction of sp³-hybridized carbons (Fsp3) is 0.348. The second-order valence-electron chi connectivity index (χ2n) is 7.95. The quantitative estimate of drug-likeness (QED) is 0.470. The van der Waals surface area contributed by atoms with Gasteiger partial charge in [0, 0.05) is 35.9 Å². The van der Waals surface area contributed by atoms with Gasteiger partial charge in [-0.15, -0.1) is 10.2 Å². The Morgan fingerprint density at radius 3 is 2.58 bits per heavy atom. The van der Waals surface area contributed by atoms with E-state index in [4.69, 9.17) is 0 Å². The maximum Gasteiger partial charge on any atom is 0.328 e. The molecule has 0 saturated carbocycles. The Morgan fingerprint density at radius 2 is 1.90 bits per heavy atom. The van der Waals surface area contributed by atoms with Gasteiger partial charge in [-0.25, -0.2) is 4.79 Å². The van der Waals surface area contributed by atoms with Gasteiger partial charge in [0.1, 0.15) is 0 Å². The Kier molecular flexibility index (Phi) is 6.06. The molecule has 0 unspecified atom stereocenters. The van der Waals surface area contributed by atoms with Crippen molar-refractivity contribution in [3.8, 4) is 22.5 Å². The minimum absolute atomic E-state index is 0.0544. The van der Waals surface area contributed by atoms with Gasteiger partial charge < -0.3 is 0 Å². The number of imidazole rings is 1. The molecule has 0 bridgehead atoms. The molecule has 0 spiro atoms. The van der Waals surface area contributed by atoms with Crippen molar-refractivity contribution in [2.24, 2.45) is 0 Å². The van der Waals surface area contributed by atoms with Crippen molar-refractivity contribution < 1.29 is 0 Å². The van der Waals surface area contributed by atoms with Crippen LogP contribution < -0.4 is 5.69 Å². The standard InChI is InChI=1S/C23H27N7O/c1-4-5-6-19-15-29(16(2)3)23(31)30(19)14-17-7-9-18(10-8-17)20-11-12-24-13-21(20)22-25-27-28-26-22/h7-13,15-16H,4-6,14H2,1-3H3,(H,25,26,27,28). The molecule has 4 aromatic rings. The van der Waals surface area contributed by atoms with Gasteiger partial charge in [-0.1, -0.05) is 37.6 Å². The number of rotatable bonds is 8. The smallest absolute Gasteiger partial charge is 0.296 e. The first kappa shape index (κ1) is 20.7. The van der Waals surface area contributed by atoms with Crippen molar-refractivity contribution in [3.05, 3.63) is 70.7 Å². The first-order valence-corrected chi connectivity index (χ1v) is 10.7. The van der Waals surface area contributed by atoms with Gasteiger partial charge in [0.05, 0.1) is 6.54 Å². The summed E-state index contributed by atoms with van der Waals surface area (Å²) in [5.41, 5.74) is 5.06.